The molecule has 0 fully saturated rings. The highest BCUT2D eigenvalue weighted by Crippen LogP contribution is 2.29. The molecule has 0 bridgehead atoms. The summed E-state index contributed by atoms with van der Waals surface area (Å²) >= 11 is 0. The van der Waals surface area contributed by atoms with E-state index < -0.39 is 0 Å². The van der Waals surface area contributed by atoms with E-state index in [4.69, 9.17) is 19.0 Å². The van der Waals surface area contributed by atoms with Gasteiger partial charge in [-0.05, 0) is 106 Å². The molecule has 2 rings (SSSR count). The maximum absolute atomic E-state index is 6.06. The third-order valence-corrected chi connectivity index (χ3v) is 5.38. The molecule has 5 nitrogen and oxygen atoms in total. The number of rotatable bonds is 13. The highest BCUT2D eigenvalue weighted by molar-refractivity contribution is 5.82. The number of oxime groups is 1. The minimum Gasteiger partial charge on any atom is -0.493 e. The summed E-state index contributed by atoms with van der Waals surface area (Å²) < 4.78 is 17.8. The molecule has 0 heterocycles. The van der Waals surface area contributed by atoms with Crippen LogP contribution in [0.4, 0.5) is 0 Å². The number of unbranched alkanes of at least 4 members (excludes halogenated alkanes) is 2. The van der Waals surface area contributed by atoms with Gasteiger partial charge in [-0.3, -0.25) is 0 Å². The van der Waals surface area contributed by atoms with Gasteiger partial charge in [0, 0.05) is 0 Å². The standard InChI is InChI=1S/C27H37NO4/c1-7-8-14-30-25-17-20(2)27(21(3)18-25)32-16-11-9-10-15-31-26-13-12-24(19-28-29-6)22(4)23(26)5/h7-8,12-13,17-19H,9-11,14-16H2,1-6H3/b8-7+,28-19?. The van der Waals surface area contributed by atoms with Crippen LogP contribution in [0.1, 0.15) is 54.0 Å². The van der Waals surface area contributed by atoms with Crippen molar-refractivity contribution in [2.75, 3.05) is 26.9 Å². The smallest absolute Gasteiger partial charge is 0.125 e. The van der Waals surface area contributed by atoms with Gasteiger partial charge in [-0.1, -0.05) is 17.3 Å². The minimum absolute atomic E-state index is 0.586. The molecule has 0 saturated carbocycles. The molecule has 0 N–H and O–H groups in total. The van der Waals surface area contributed by atoms with E-state index in [-0.39, 0.29) is 0 Å². The van der Waals surface area contributed by atoms with Crippen LogP contribution in [-0.4, -0.2) is 33.1 Å². The zero-order chi connectivity index (χ0) is 23.3. The molecule has 2 aromatic rings. The summed E-state index contributed by atoms with van der Waals surface area (Å²) in [5.41, 5.74) is 5.54. The van der Waals surface area contributed by atoms with Crippen LogP contribution in [0.25, 0.3) is 0 Å². The Labute approximate surface area is 193 Å². The van der Waals surface area contributed by atoms with E-state index in [1.807, 2.05) is 43.3 Å². The molecule has 32 heavy (non-hydrogen) atoms. The zero-order valence-electron chi connectivity index (χ0n) is 20.4. The topological polar surface area (TPSA) is 49.3 Å². The maximum Gasteiger partial charge on any atom is 0.125 e. The fourth-order valence-corrected chi connectivity index (χ4v) is 3.42. The van der Waals surface area contributed by atoms with Gasteiger partial charge in [0.2, 0.25) is 0 Å². The van der Waals surface area contributed by atoms with Crippen molar-refractivity contribution < 1.29 is 19.0 Å². The fourth-order valence-electron chi connectivity index (χ4n) is 3.42. The molecule has 0 saturated heterocycles. The van der Waals surface area contributed by atoms with Gasteiger partial charge in [0.05, 0.1) is 19.4 Å². The van der Waals surface area contributed by atoms with E-state index in [9.17, 15) is 0 Å². The Morgan fingerprint density at radius 2 is 1.53 bits per heavy atom. The molecule has 0 spiro atoms. The molecule has 0 unspecified atom stereocenters. The lowest BCUT2D eigenvalue weighted by Crippen LogP contribution is -2.04. The van der Waals surface area contributed by atoms with Crippen molar-refractivity contribution in [2.24, 2.45) is 5.16 Å². The van der Waals surface area contributed by atoms with Crippen molar-refractivity contribution >= 4 is 6.21 Å². The largest absolute Gasteiger partial charge is 0.493 e. The summed E-state index contributed by atoms with van der Waals surface area (Å²) in [7, 11) is 1.54. The molecule has 5 heteroatoms. The number of nitrogens with zero attached hydrogens (tertiary/aromatic N) is 1. The van der Waals surface area contributed by atoms with Crippen LogP contribution in [0.3, 0.4) is 0 Å². The molecule has 2 aromatic carbocycles. The first-order valence-electron chi connectivity index (χ1n) is 11.3. The highest BCUT2D eigenvalue weighted by Gasteiger charge is 2.08. The Hall–Kier alpha value is -2.95. The summed E-state index contributed by atoms with van der Waals surface area (Å²) in [6.45, 7) is 12.2. The van der Waals surface area contributed by atoms with Gasteiger partial charge in [0.1, 0.15) is 31.0 Å². The van der Waals surface area contributed by atoms with Crippen LogP contribution in [0.2, 0.25) is 0 Å². The SMILES string of the molecule is C/C=C/COc1cc(C)c(OCCCCCOc2ccc(C=NOC)c(C)c2C)c(C)c1. The van der Waals surface area contributed by atoms with Gasteiger partial charge >= 0.3 is 0 Å². The normalized spacial score (nSPS) is 11.3. The molecule has 0 radical (unpaired) electrons. The minimum atomic E-state index is 0.586. The number of hydrogen-bond donors (Lipinski definition) is 0. The van der Waals surface area contributed by atoms with Crippen molar-refractivity contribution in [2.45, 2.75) is 53.9 Å². The molecule has 0 aliphatic carbocycles. The molecule has 174 valence electrons. The van der Waals surface area contributed by atoms with Gasteiger partial charge in [0.25, 0.3) is 0 Å². The van der Waals surface area contributed by atoms with Crippen LogP contribution in [0, 0.1) is 27.7 Å². The molecule has 0 atom stereocenters. The highest BCUT2D eigenvalue weighted by atomic mass is 16.6. The lowest BCUT2D eigenvalue weighted by Gasteiger charge is -2.15. The summed E-state index contributed by atoms with van der Waals surface area (Å²) in [5, 5.41) is 3.84. The van der Waals surface area contributed by atoms with Crippen molar-refractivity contribution in [3.8, 4) is 17.2 Å². The quantitative estimate of drug-likeness (QED) is 0.155. The number of aryl methyl sites for hydroxylation is 2. The second-order valence-electron chi connectivity index (χ2n) is 7.84. The molecular formula is C27H37NO4. The van der Waals surface area contributed by atoms with Crippen LogP contribution in [0.5, 0.6) is 17.2 Å². The monoisotopic (exact) mass is 439 g/mol. The predicted octanol–water partition coefficient (Wildman–Crippen LogP) is 6.48. The molecular weight excluding hydrogens is 402 g/mol. The lowest BCUT2D eigenvalue weighted by molar-refractivity contribution is 0.215. The summed E-state index contributed by atoms with van der Waals surface area (Å²) in [4.78, 5) is 4.77. The van der Waals surface area contributed by atoms with E-state index >= 15 is 0 Å². The number of allylic oxidation sites excluding steroid dienone is 1. The Bertz CT molecular complexity index is 895. The van der Waals surface area contributed by atoms with Gasteiger partial charge in [0.15, 0.2) is 0 Å². The Morgan fingerprint density at radius 1 is 0.844 bits per heavy atom. The van der Waals surface area contributed by atoms with Crippen LogP contribution in [0.15, 0.2) is 41.6 Å². The summed E-state index contributed by atoms with van der Waals surface area (Å²) in [6.07, 6.45) is 8.74. The van der Waals surface area contributed by atoms with Crippen LogP contribution >= 0.6 is 0 Å². The van der Waals surface area contributed by atoms with E-state index in [2.05, 4.69) is 32.9 Å². The fraction of sp³-hybridized carbons (Fsp3) is 0.444. The first-order valence-corrected chi connectivity index (χ1v) is 11.3. The van der Waals surface area contributed by atoms with Gasteiger partial charge in [-0.15, -0.1) is 0 Å². The van der Waals surface area contributed by atoms with Crippen molar-refractivity contribution in [1.82, 2.24) is 0 Å². The molecule has 0 aromatic heterocycles. The van der Waals surface area contributed by atoms with Gasteiger partial charge in [-0.25, -0.2) is 0 Å². The number of hydrogen-bond acceptors (Lipinski definition) is 5. The maximum atomic E-state index is 6.06. The zero-order valence-corrected chi connectivity index (χ0v) is 20.4. The summed E-state index contributed by atoms with van der Waals surface area (Å²) in [5.74, 6) is 2.77. The lowest BCUT2D eigenvalue weighted by atomic mass is 10.0. The molecule has 0 amide bonds. The third-order valence-electron chi connectivity index (χ3n) is 5.38. The average Bonchev–Trinajstić information content (AvgIpc) is 2.77. The van der Waals surface area contributed by atoms with Gasteiger partial charge < -0.3 is 19.0 Å². The molecule has 0 aliphatic heterocycles. The van der Waals surface area contributed by atoms with E-state index in [1.165, 1.54) is 0 Å². The summed E-state index contributed by atoms with van der Waals surface area (Å²) in [6, 6.07) is 8.09. The second kappa shape index (κ2) is 13.5. The third kappa shape index (κ3) is 7.63. The first-order chi connectivity index (χ1) is 15.5. The Balaban J connectivity index is 1.73. The number of ether oxygens (including phenoxy) is 3. The first kappa shape index (κ1) is 25.3. The van der Waals surface area contributed by atoms with Crippen molar-refractivity contribution in [3.63, 3.8) is 0 Å². The van der Waals surface area contributed by atoms with Gasteiger partial charge in [-0.2, -0.15) is 0 Å². The average molecular weight is 440 g/mol. The predicted molar refractivity (Wildman–Crippen MR) is 132 cm³/mol. The van der Waals surface area contributed by atoms with Crippen LogP contribution < -0.4 is 14.2 Å². The Morgan fingerprint density at radius 3 is 2.19 bits per heavy atom. The van der Waals surface area contributed by atoms with Crippen molar-refractivity contribution in [3.05, 3.63) is 64.2 Å². The van der Waals surface area contributed by atoms with E-state index in [0.717, 1.165) is 64.3 Å². The molecule has 0 aliphatic rings. The van der Waals surface area contributed by atoms with Crippen LogP contribution in [-0.2, 0) is 4.84 Å². The second-order valence-corrected chi connectivity index (χ2v) is 7.84. The van der Waals surface area contributed by atoms with Crippen molar-refractivity contribution in [1.29, 1.82) is 0 Å². The Kier molecular flexibility index (Phi) is 10.6. The van der Waals surface area contributed by atoms with E-state index in [1.54, 1.807) is 13.3 Å². The van der Waals surface area contributed by atoms with E-state index in [0.29, 0.717) is 19.8 Å². The number of benzene rings is 2.